The zero-order valence-electron chi connectivity index (χ0n) is 11.4. The minimum Gasteiger partial charge on any atom is -0.326 e. The predicted octanol–water partition coefficient (Wildman–Crippen LogP) is 3.67. The number of halogens is 1. The second kappa shape index (κ2) is 5.94. The smallest absolute Gasteiger partial charge is 0.0247 e. The molecule has 1 saturated heterocycles. The third-order valence-electron chi connectivity index (χ3n) is 4.83. The Kier molecular flexibility index (Phi) is 4.25. The molecule has 0 amide bonds. The Bertz CT molecular complexity index is 446. The van der Waals surface area contributed by atoms with Gasteiger partial charge in [-0.3, -0.25) is 4.90 Å². The van der Waals surface area contributed by atoms with Crippen LogP contribution in [0.2, 0.25) is 0 Å². The summed E-state index contributed by atoms with van der Waals surface area (Å²) >= 11 is 3.71. The minimum absolute atomic E-state index is 0.618. The van der Waals surface area contributed by atoms with Crippen molar-refractivity contribution in [3.8, 4) is 0 Å². The van der Waals surface area contributed by atoms with Gasteiger partial charge in [0.05, 0.1) is 0 Å². The van der Waals surface area contributed by atoms with Gasteiger partial charge in [0, 0.05) is 23.6 Å². The van der Waals surface area contributed by atoms with Gasteiger partial charge >= 0.3 is 0 Å². The van der Waals surface area contributed by atoms with E-state index in [1.165, 1.54) is 54.2 Å². The van der Waals surface area contributed by atoms with Crippen molar-refractivity contribution in [1.82, 2.24) is 4.90 Å². The van der Waals surface area contributed by atoms with Gasteiger partial charge in [-0.25, -0.2) is 0 Å². The van der Waals surface area contributed by atoms with Gasteiger partial charge in [0.1, 0.15) is 0 Å². The van der Waals surface area contributed by atoms with Crippen molar-refractivity contribution in [2.45, 2.75) is 51.2 Å². The molecule has 2 unspecified atom stereocenters. The quantitative estimate of drug-likeness (QED) is 0.919. The number of fused-ring (bicyclic) bond motifs is 1. The zero-order chi connectivity index (χ0) is 13.2. The maximum Gasteiger partial charge on any atom is 0.0247 e. The van der Waals surface area contributed by atoms with Crippen LogP contribution in [-0.4, -0.2) is 17.5 Å². The maximum absolute atomic E-state index is 5.69. The van der Waals surface area contributed by atoms with Crippen LogP contribution < -0.4 is 5.73 Å². The number of piperidine rings is 1. The zero-order valence-corrected chi connectivity index (χ0v) is 13.0. The first-order chi connectivity index (χ1) is 9.28. The van der Waals surface area contributed by atoms with Crippen molar-refractivity contribution < 1.29 is 0 Å². The summed E-state index contributed by atoms with van der Waals surface area (Å²) in [5.74, 6) is 0.968. The molecule has 2 N–H and O–H groups in total. The number of nitrogens with zero attached hydrogens (tertiary/aromatic N) is 1. The predicted molar refractivity (Wildman–Crippen MR) is 82.8 cm³/mol. The SMILES string of the molecule is NCc1ccc(CN2CCCC3CCCC32)c(Br)c1. The van der Waals surface area contributed by atoms with Crippen molar-refractivity contribution in [3.05, 3.63) is 33.8 Å². The molecule has 2 fully saturated rings. The Labute approximate surface area is 124 Å². The Hall–Kier alpha value is -0.380. The fourth-order valence-electron chi connectivity index (χ4n) is 3.82. The molecule has 19 heavy (non-hydrogen) atoms. The third-order valence-corrected chi connectivity index (χ3v) is 5.57. The van der Waals surface area contributed by atoms with Gasteiger partial charge in [0.15, 0.2) is 0 Å². The van der Waals surface area contributed by atoms with Gasteiger partial charge in [-0.15, -0.1) is 0 Å². The molecular weight excluding hydrogens is 300 g/mol. The van der Waals surface area contributed by atoms with E-state index >= 15 is 0 Å². The molecule has 2 aliphatic rings. The van der Waals surface area contributed by atoms with Crippen LogP contribution in [0.25, 0.3) is 0 Å². The van der Waals surface area contributed by atoms with E-state index in [2.05, 4.69) is 39.0 Å². The van der Waals surface area contributed by atoms with E-state index in [1.54, 1.807) is 0 Å². The van der Waals surface area contributed by atoms with Crippen molar-refractivity contribution in [2.24, 2.45) is 11.7 Å². The molecule has 2 atom stereocenters. The lowest BCUT2D eigenvalue weighted by Gasteiger charge is -2.38. The number of rotatable bonds is 3. The van der Waals surface area contributed by atoms with Gasteiger partial charge in [0.25, 0.3) is 0 Å². The fraction of sp³-hybridized carbons (Fsp3) is 0.625. The van der Waals surface area contributed by atoms with Crippen molar-refractivity contribution in [2.75, 3.05) is 6.54 Å². The highest BCUT2D eigenvalue weighted by atomic mass is 79.9. The number of benzene rings is 1. The summed E-state index contributed by atoms with van der Waals surface area (Å²) < 4.78 is 1.22. The molecule has 0 spiro atoms. The average Bonchev–Trinajstić information content (AvgIpc) is 2.90. The lowest BCUT2D eigenvalue weighted by atomic mass is 9.91. The number of hydrogen-bond donors (Lipinski definition) is 1. The van der Waals surface area contributed by atoms with Crippen LogP contribution in [0, 0.1) is 5.92 Å². The first-order valence-corrected chi connectivity index (χ1v) is 8.28. The normalized spacial score (nSPS) is 27.5. The first kappa shape index (κ1) is 13.6. The van der Waals surface area contributed by atoms with Crippen molar-refractivity contribution in [1.29, 1.82) is 0 Å². The lowest BCUT2D eigenvalue weighted by molar-refractivity contribution is 0.105. The highest BCUT2D eigenvalue weighted by Gasteiger charge is 2.34. The Balaban J connectivity index is 1.73. The van der Waals surface area contributed by atoms with E-state index in [0.29, 0.717) is 6.54 Å². The second-order valence-corrected chi connectivity index (χ2v) is 6.86. The largest absolute Gasteiger partial charge is 0.326 e. The van der Waals surface area contributed by atoms with Crippen LogP contribution in [-0.2, 0) is 13.1 Å². The van der Waals surface area contributed by atoms with E-state index in [9.17, 15) is 0 Å². The molecule has 1 aromatic rings. The summed E-state index contributed by atoms with van der Waals surface area (Å²) in [7, 11) is 0. The molecule has 0 bridgehead atoms. The average molecular weight is 323 g/mol. The molecule has 3 rings (SSSR count). The van der Waals surface area contributed by atoms with E-state index < -0.39 is 0 Å². The molecule has 1 aromatic carbocycles. The van der Waals surface area contributed by atoms with Gasteiger partial charge in [-0.1, -0.05) is 34.5 Å². The molecule has 1 saturated carbocycles. The van der Waals surface area contributed by atoms with Crippen LogP contribution >= 0.6 is 15.9 Å². The second-order valence-electron chi connectivity index (χ2n) is 6.00. The molecule has 3 heteroatoms. The number of hydrogen-bond acceptors (Lipinski definition) is 2. The lowest BCUT2D eigenvalue weighted by Crippen LogP contribution is -2.41. The van der Waals surface area contributed by atoms with Crippen molar-refractivity contribution >= 4 is 15.9 Å². The van der Waals surface area contributed by atoms with Crippen molar-refractivity contribution in [3.63, 3.8) is 0 Å². The summed E-state index contributed by atoms with van der Waals surface area (Å²) in [6, 6.07) is 7.42. The Morgan fingerprint density at radius 3 is 2.84 bits per heavy atom. The summed E-state index contributed by atoms with van der Waals surface area (Å²) in [6.45, 7) is 2.98. The van der Waals surface area contributed by atoms with Crippen LogP contribution in [0.1, 0.15) is 43.2 Å². The standard InChI is InChI=1S/C16H23BrN2/c17-15-9-12(10-18)6-7-14(15)11-19-8-2-4-13-3-1-5-16(13)19/h6-7,9,13,16H,1-5,8,10-11,18H2. The molecular formula is C16H23BrN2. The summed E-state index contributed by atoms with van der Waals surface area (Å²) in [6.07, 6.45) is 7.12. The summed E-state index contributed by atoms with van der Waals surface area (Å²) in [5.41, 5.74) is 8.30. The number of nitrogens with two attached hydrogens (primary N) is 1. The molecule has 1 heterocycles. The van der Waals surface area contributed by atoms with Crippen LogP contribution in [0.4, 0.5) is 0 Å². The van der Waals surface area contributed by atoms with E-state index in [-0.39, 0.29) is 0 Å². The van der Waals surface area contributed by atoms with Gasteiger partial charge < -0.3 is 5.73 Å². The van der Waals surface area contributed by atoms with E-state index in [0.717, 1.165) is 18.5 Å². The molecule has 1 aliphatic heterocycles. The fourth-order valence-corrected chi connectivity index (χ4v) is 4.37. The van der Waals surface area contributed by atoms with Crippen LogP contribution in [0.3, 0.4) is 0 Å². The van der Waals surface area contributed by atoms with Gasteiger partial charge in [-0.05, 0) is 55.3 Å². The summed E-state index contributed by atoms with van der Waals surface area (Å²) in [5, 5.41) is 0. The van der Waals surface area contributed by atoms with Gasteiger partial charge in [0.2, 0.25) is 0 Å². The molecule has 0 radical (unpaired) electrons. The summed E-state index contributed by atoms with van der Waals surface area (Å²) in [4.78, 5) is 2.71. The van der Waals surface area contributed by atoms with E-state index in [4.69, 9.17) is 5.73 Å². The Morgan fingerprint density at radius 1 is 1.21 bits per heavy atom. The van der Waals surface area contributed by atoms with Crippen LogP contribution in [0.5, 0.6) is 0 Å². The molecule has 104 valence electrons. The first-order valence-electron chi connectivity index (χ1n) is 7.49. The topological polar surface area (TPSA) is 29.3 Å². The molecule has 0 aromatic heterocycles. The maximum atomic E-state index is 5.69. The van der Waals surface area contributed by atoms with Crippen LogP contribution in [0.15, 0.2) is 22.7 Å². The third kappa shape index (κ3) is 2.88. The van der Waals surface area contributed by atoms with Gasteiger partial charge in [-0.2, -0.15) is 0 Å². The highest BCUT2D eigenvalue weighted by molar-refractivity contribution is 9.10. The van der Waals surface area contributed by atoms with E-state index in [1.807, 2.05) is 0 Å². The molecule has 1 aliphatic carbocycles. The monoisotopic (exact) mass is 322 g/mol. The molecule has 2 nitrogen and oxygen atoms in total. The Morgan fingerprint density at radius 2 is 2.05 bits per heavy atom. The minimum atomic E-state index is 0.618. The number of likely N-dealkylation sites (tertiary alicyclic amines) is 1. The highest BCUT2D eigenvalue weighted by Crippen LogP contribution is 2.37.